The van der Waals surface area contributed by atoms with Gasteiger partial charge in [0.25, 0.3) is 0 Å². The molecule has 1 saturated heterocycles. The molecule has 2 atom stereocenters. The van der Waals surface area contributed by atoms with E-state index in [1.807, 2.05) is 6.07 Å². The van der Waals surface area contributed by atoms with Crippen molar-refractivity contribution in [1.29, 1.82) is 0 Å². The Kier molecular flexibility index (Phi) is 1.59. The average molecular weight is 192 g/mol. The maximum Gasteiger partial charge on any atom is 0.125 e. The van der Waals surface area contributed by atoms with Crippen LogP contribution in [0.15, 0.2) is 18.2 Å². The molecule has 3 rings (SSSR count). The standard InChI is InChI=1S/C11H13FN2/c12-8-2-1-7-5-11-9(13)3-4-14(11)10(7)6-8/h1-2,6,9,11H,3-5,13H2. The van der Waals surface area contributed by atoms with Crippen LogP contribution >= 0.6 is 0 Å². The molecule has 1 fully saturated rings. The largest absolute Gasteiger partial charge is 0.366 e. The highest BCUT2D eigenvalue weighted by atomic mass is 19.1. The number of fused-ring (bicyclic) bond motifs is 3. The summed E-state index contributed by atoms with van der Waals surface area (Å²) in [6, 6.07) is 5.72. The van der Waals surface area contributed by atoms with E-state index in [4.69, 9.17) is 5.73 Å². The number of hydrogen-bond acceptors (Lipinski definition) is 2. The summed E-state index contributed by atoms with van der Waals surface area (Å²) in [7, 11) is 0. The van der Waals surface area contributed by atoms with E-state index >= 15 is 0 Å². The fourth-order valence-corrected chi connectivity index (χ4v) is 2.64. The maximum absolute atomic E-state index is 13.1. The quantitative estimate of drug-likeness (QED) is 0.671. The van der Waals surface area contributed by atoms with Crippen molar-refractivity contribution in [2.75, 3.05) is 11.4 Å². The summed E-state index contributed by atoms with van der Waals surface area (Å²) in [5.74, 6) is -0.148. The first kappa shape index (κ1) is 8.24. The molecule has 0 bridgehead atoms. The number of hydrogen-bond donors (Lipinski definition) is 1. The highest BCUT2D eigenvalue weighted by Gasteiger charge is 2.38. The second-order valence-electron chi connectivity index (χ2n) is 4.19. The zero-order valence-electron chi connectivity index (χ0n) is 7.91. The second kappa shape index (κ2) is 2.70. The Morgan fingerprint density at radius 2 is 2.29 bits per heavy atom. The molecule has 0 radical (unpaired) electrons. The summed E-state index contributed by atoms with van der Waals surface area (Å²) in [6.07, 6.45) is 2.01. The molecule has 2 heterocycles. The lowest BCUT2D eigenvalue weighted by Crippen LogP contribution is -2.36. The molecule has 3 heteroatoms. The Morgan fingerprint density at radius 1 is 1.43 bits per heavy atom. The van der Waals surface area contributed by atoms with Gasteiger partial charge in [-0.25, -0.2) is 4.39 Å². The predicted molar refractivity (Wildman–Crippen MR) is 53.8 cm³/mol. The van der Waals surface area contributed by atoms with Crippen LogP contribution in [0, 0.1) is 5.82 Å². The molecule has 2 N–H and O–H groups in total. The van der Waals surface area contributed by atoms with Crippen molar-refractivity contribution in [3.05, 3.63) is 29.6 Å². The minimum Gasteiger partial charge on any atom is -0.366 e. The molecule has 2 aliphatic heterocycles. The molecule has 0 aromatic heterocycles. The lowest BCUT2D eigenvalue weighted by Gasteiger charge is -2.20. The summed E-state index contributed by atoms with van der Waals surface area (Å²) in [5, 5.41) is 0. The number of benzene rings is 1. The predicted octanol–water partition coefficient (Wildman–Crippen LogP) is 1.29. The Labute approximate surface area is 82.5 Å². The van der Waals surface area contributed by atoms with Gasteiger partial charge in [-0.2, -0.15) is 0 Å². The van der Waals surface area contributed by atoms with Crippen molar-refractivity contribution < 1.29 is 4.39 Å². The van der Waals surface area contributed by atoms with Gasteiger partial charge in [0.2, 0.25) is 0 Å². The lowest BCUT2D eigenvalue weighted by atomic mass is 10.0. The molecule has 1 aromatic rings. The normalized spacial score (nSPS) is 29.1. The van der Waals surface area contributed by atoms with Crippen LogP contribution in [0.1, 0.15) is 12.0 Å². The van der Waals surface area contributed by atoms with E-state index < -0.39 is 0 Å². The van der Waals surface area contributed by atoms with E-state index in [0.717, 1.165) is 25.1 Å². The van der Waals surface area contributed by atoms with Gasteiger partial charge in [-0.3, -0.25) is 0 Å². The SMILES string of the molecule is NC1CCN2c3cc(F)ccc3CC12. The molecule has 2 unspecified atom stereocenters. The van der Waals surface area contributed by atoms with E-state index in [0.29, 0.717) is 6.04 Å². The average Bonchev–Trinajstić information content (AvgIpc) is 2.67. The van der Waals surface area contributed by atoms with Crippen LogP contribution in [0.3, 0.4) is 0 Å². The highest BCUT2D eigenvalue weighted by molar-refractivity contribution is 5.61. The van der Waals surface area contributed by atoms with E-state index in [9.17, 15) is 4.39 Å². The molecule has 14 heavy (non-hydrogen) atoms. The zero-order chi connectivity index (χ0) is 9.71. The Hall–Kier alpha value is -1.09. The van der Waals surface area contributed by atoms with Gasteiger partial charge >= 0.3 is 0 Å². The lowest BCUT2D eigenvalue weighted by molar-refractivity contribution is 0.600. The van der Waals surface area contributed by atoms with Crippen LogP contribution in [-0.2, 0) is 6.42 Å². The van der Waals surface area contributed by atoms with Gasteiger partial charge in [0.1, 0.15) is 5.82 Å². The van der Waals surface area contributed by atoms with Gasteiger partial charge < -0.3 is 10.6 Å². The topological polar surface area (TPSA) is 29.3 Å². The van der Waals surface area contributed by atoms with Crippen molar-refractivity contribution in [2.45, 2.75) is 24.9 Å². The van der Waals surface area contributed by atoms with Crippen LogP contribution in [0.4, 0.5) is 10.1 Å². The van der Waals surface area contributed by atoms with Gasteiger partial charge in [0.05, 0.1) is 0 Å². The van der Waals surface area contributed by atoms with E-state index in [1.54, 1.807) is 6.07 Å². The number of nitrogens with two attached hydrogens (primary N) is 1. The van der Waals surface area contributed by atoms with Crippen LogP contribution in [0.5, 0.6) is 0 Å². The summed E-state index contributed by atoms with van der Waals surface area (Å²) in [6.45, 7) is 0.974. The van der Waals surface area contributed by atoms with Crippen molar-refractivity contribution in [2.24, 2.45) is 5.73 Å². The molecule has 74 valence electrons. The molecular formula is C11H13FN2. The van der Waals surface area contributed by atoms with E-state index in [1.165, 1.54) is 11.6 Å². The van der Waals surface area contributed by atoms with Gasteiger partial charge in [-0.1, -0.05) is 6.07 Å². The second-order valence-corrected chi connectivity index (χ2v) is 4.19. The first-order valence-corrected chi connectivity index (χ1v) is 5.06. The highest BCUT2D eigenvalue weighted by Crippen LogP contribution is 2.37. The van der Waals surface area contributed by atoms with Crippen LogP contribution in [-0.4, -0.2) is 18.6 Å². The van der Waals surface area contributed by atoms with E-state index in [-0.39, 0.29) is 11.9 Å². The molecule has 2 aliphatic rings. The third kappa shape index (κ3) is 0.989. The Balaban J connectivity index is 2.05. The molecule has 1 aromatic carbocycles. The molecule has 0 spiro atoms. The van der Waals surface area contributed by atoms with Gasteiger partial charge in [0, 0.05) is 24.3 Å². The minimum absolute atomic E-state index is 0.148. The molecule has 0 aliphatic carbocycles. The summed E-state index contributed by atoms with van der Waals surface area (Å²) in [4.78, 5) is 2.25. The Bertz CT molecular complexity index is 378. The first-order chi connectivity index (χ1) is 6.75. The number of anilines is 1. The number of nitrogens with zero attached hydrogens (tertiary/aromatic N) is 1. The molecule has 2 nitrogen and oxygen atoms in total. The zero-order valence-corrected chi connectivity index (χ0v) is 7.91. The number of halogens is 1. The third-order valence-corrected chi connectivity index (χ3v) is 3.38. The van der Waals surface area contributed by atoms with Crippen molar-refractivity contribution in [1.82, 2.24) is 0 Å². The molecule has 0 amide bonds. The third-order valence-electron chi connectivity index (χ3n) is 3.38. The van der Waals surface area contributed by atoms with Crippen LogP contribution < -0.4 is 10.6 Å². The molecule has 0 saturated carbocycles. The Morgan fingerprint density at radius 3 is 3.14 bits per heavy atom. The van der Waals surface area contributed by atoms with Crippen molar-refractivity contribution in [3.63, 3.8) is 0 Å². The van der Waals surface area contributed by atoms with Crippen LogP contribution in [0.25, 0.3) is 0 Å². The van der Waals surface area contributed by atoms with Gasteiger partial charge in [-0.15, -0.1) is 0 Å². The fraction of sp³-hybridized carbons (Fsp3) is 0.455. The fourth-order valence-electron chi connectivity index (χ4n) is 2.64. The van der Waals surface area contributed by atoms with Crippen molar-refractivity contribution >= 4 is 5.69 Å². The minimum atomic E-state index is -0.148. The van der Waals surface area contributed by atoms with E-state index in [2.05, 4.69) is 4.90 Å². The summed E-state index contributed by atoms with van der Waals surface area (Å²) >= 11 is 0. The monoisotopic (exact) mass is 192 g/mol. The summed E-state index contributed by atoms with van der Waals surface area (Å²) < 4.78 is 13.1. The molecular weight excluding hydrogens is 179 g/mol. The van der Waals surface area contributed by atoms with Gasteiger partial charge in [-0.05, 0) is 30.5 Å². The first-order valence-electron chi connectivity index (χ1n) is 5.06. The van der Waals surface area contributed by atoms with Crippen molar-refractivity contribution in [3.8, 4) is 0 Å². The number of rotatable bonds is 0. The van der Waals surface area contributed by atoms with Gasteiger partial charge in [0.15, 0.2) is 0 Å². The smallest absolute Gasteiger partial charge is 0.125 e. The summed E-state index contributed by atoms with van der Waals surface area (Å²) in [5.41, 5.74) is 8.30. The van der Waals surface area contributed by atoms with Crippen LogP contribution in [0.2, 0.25) is 0 Å². The maximum atomic E-state index is 13.1.